The maximum Gasteiger partial charge on any atom is 0.410 e. The number of rotatable bonds is 9. The number of nitrogens with zero attached hydrogens (tertiary/aromatic N) is 3. The second-order valence-corrected chi connectivity index (χ2v) is 12.0. The third-order valence-corrected chi connectivity index (χ3v) is 9.10. The fourth-order valence-corrected chi connectivity index (χ4v) is 6.67. The highest BCUT2D eigenvalue weighted by Crippen LogP contribution is 2.41. The zero-order valence-electron chi connectivity index (χ0n) is 25.2. The van der Waals surface area contributed by atoms with Crippen LogP contribution < -0.4 is 10.1 Å². The number of thioether (sulfide) groups is 1. The fourth-order valence-electron chi connectivity index (χ4n) is 5.50. The van der Waals surface area contributed by atoms with Crippen molar-refractivity contribution < 1.29 is 33.0 Å². The number of carbonyl (C=O) groups is 3. The topological polar surface area (TPSA) is 110 Å². The predicted molar refractivity (Wildman–Crippen MR) is 172 cm³/mol. The van der Waals surface area contributed by atoms with Gasteiger partial charge in [-0.15, -0.1) is 0 Å². The first kappa shape index (κ1) is 31.2. The molecule has 1 N–H and O–H groups in total. The zero-order chi connectivity index (χ0) is 32.0. The molecule has 2 fully saturated rings. The van der Waals surface area contributed by atoms with E-state index in [0.29, 0.717) is 48.3 Å². The van der Waals surface area contributed by atoms with Gasteiger partial charge in [0.1, 0.15) is 23.7 Å². The number of methoxy groups -OCH3 is 1. The number of nitrogens with one attached hydrogen (secondary N) is 1. The zero-order valence-corrected chi connectivity index (χ0v) is 26.0. The Balaban J connectivity index is 1.13. The molecule has 3 heterocycles. The number of benzene rings is 3. The number of likely N-dealkylation sites (tertiary alicyclic amines) is 1. The van der Waals surface area contributed by atoms with Gasteiger partial charge in [-0.05, 0) is 54.3 Å². The summed E-state index contributed by atoms with van der Waals surface area (Å²) in [6, 6.07) is 20.2. The molecule has 6 rings (SSSR count). The SMILES string of the molecule is COc1ccc(N=C2SC(c3ccc(NC(=O)[C@@H]4CCCN4C(=O)OCc4ccccc4)cc3)C(=O)N2CC2=CCCO2)cc1F. The minimum atomic E-state index is -0.642. The quantitative estimate of drug-likeness (QED) is 0.296. The number of hydrogen-bond donors (Lipinski definition) is 1. The Bertz CT molecular complexity index is 1670. The molecule has 0 spiro atoms. The Hall–Kier alpha value is -4.84. The molecule has 0 saturated carbocycles. The molecule has 10 nitrogen and oxygen atoms in total. The van der Waals surface area contributed by atoms with Gasteiger partial charge >= 0.3 is 6.09 Å². The lowest BCUT2D eigenvalue weighted by Gasteiger charge is -2.23. The molecule has 3 amide bonds. The Labute approximate surface area is 270 Å². The van der Waals surface area contributed by atoms with Crippen LogP contribution in [-0.2, 0) is 25.7 Å². The van der Waals surface area contributed by atoms with Crippen molar-refractivity contribution in [2.24, 2.45) is 4.99 Å². The summed E-state index contributed by atoms with van der Waals surface area (Å²) in [4.78, 5) is 47.3. The lowest BCUT2D eigenvalue weighted by Crippen LogP contribution is -2.43. The van der Waals surface area contributed by atoms with Crippen molar-refractivity contribution in [2.75, 3.05) is 32.1 Å². The van der Waals surface area contributed by atoms with Crippen molar-refractivity contribution in [1.82, 2.24) is 9.80 Å². The first-order chi connectivity index (χ1) is 22.4. The van der Waals surface area contributed by atoms with Gasteiger partial charge in [-0.2, -0.15) is 0 Å². The van der Waals surface area contributed by atoms with Crippen molar-refractivity contribution >= 4 is 46.2 Å². The predicted octanol–water partition coefficient (Wildman–Crippen LogP) is 6.18. The van der Waals surface area contributed by atoms with Crippen LogP contribution in [0.5, 0.6) is 5.75 Å². The monoisotopic (exact) mass is 644 g/mol. The summed E-state index contributed by atoms with van der Waals surface area (Å²) in [6.07, 6.45) is 3.43. The van der Waals surface area contributed by atoms with Gasteiger partial charge in [-0.25, -0.2) is 14.2 Å². The van der Waals surface area contributed by atoms with Crippen LogP contribution in [0.15, 0.2) is 89.6 Å². The van der Waals surface area contributed by atoms with Gasteiger partial charge in [0.15, 0.2) is 16.7 Å². The summed E-state index contributed by atoms with van der Waals surface area (Å²) in [6.45, 7) is 1.36. The summed E-state index contributed by atoms with van der Waals surface area (Å²) in [5.41, 5.74) is 2.48. The van der Waals surface area contributed by atoms with Crippen molar-refractivity contribution in [3.05, 3.63) is 102 Å². The summed E-state index contributed by atoms with van der Waals surface area (Å²) in [7, 11) is 1.39. The van der Waals surface area contributed by atoms with E-state index in [1.54, 1.807) is 35.2 Å². The average molecular weight is 645 g/mol. The molecular weight excluding hydrogens is 611 g/mol. The smallest absolute Gasteiger partial charge is 0.410 e. The largest absolute Gasteiger partial charge is 0.496 e. The summed E-state index contributed by atoms with van der Waals surface area (Å²) in [5.74, 6) is -0.238. The number of ether oxygens (including phenoxy) is 3. The van der Waals surface area contributed by atoms with E-state index in [0.717, 1.165) is 17.5 Å². The number of hydrogen-bond acceptors (Lipinski definition) is 8. The Kier molecular flexibility index (Phi) is 9.53. The average Bonchev–Trinajstić information content (AvgIpc) is 3.84. The highest BCUT2D eigenvalue weighted by molar-refractivity contribution is 8.15. The van der Waals surface area contributed by atoms with E-state index in [4.69, 9.17) is 14.2 Å². The molecule has 0 radical (unpaired) electrons. The minimum Gasteiger partial charge on any atom is -0.496 e. The van der Waals surface area contributed by atoms with Crippen LogP contribution in [0.3, 0.4) is 0 Å². The Morgan fingerprint density at radius 3 is 2.63 bits per heavy atom. The Morgan fingerprint density at radius 1 is 1.11 bits per heavy atom. The molecule has 238 valence electrons. The first-order valence-electron chi connectivity index (χ1n) is 15.0. The lowest BCUT2D eigenvalue weighted by molar-refractivity contribution is -0.126. The minimum absolute atomic E-state index is 0.106. The summed E-state index contributed by atoms with van der Waals surface area (Å²) < 4.78 is 30.5. The van der Waals surface area contributed by atoms with Crippen molar-refractivity contribution in [3.63, 3.8) is 0 Å². The summed E-state index contributed by atoms with van der Waals surface area (Å²) in [5, 5.41) is 2.73. The molecule has 0 aromatic heterocycles. The van der Waals surface area contributed by atoms with E-state index in [9.17, 15) is 18.8 Å². The van der Waals surface area contributed by atoms with Crippen LogP contribution in [0.4, 0.5) is 20.6 Å². The van der Waals surface area contributed by atoms with Crippen LogP contribution in [0, 0.1) is 5.82 Å². The van der Waals surface area contributed by atoms with Crippen LogP contribution >= 0.6 is 11.8 Å². The van der Waals surface area contributed by atoms with E-state index >= 15 is 0 Å². The molecule has 2 saturated heterocycles. The highest BCUT2D eigenvalue weighted by Gasteiger charge is 2.40. The number of anilines is 1. The van der Waals surface area contributed by atoms with Crippen molar-refractivity contribution in [1.29, 1.82) is 0 Å². The second-order valence-electron chi connectivity index (χ2n) is 10.9. The molecule has 46 heavy (non-hydrogen) atoms. The van der Waals surface area contributed by atoms with E-state index in [-0.39, 0.29) is 30.7 Å². The third-order valence-electron chi connectivity index (χ3n) is 7.87. The van der Waals surface area contributed by atoms with E-state index in [1.807, 2.05) is 36.4 Å². The van der Waals surface area contributed by atoms with Crippen LogP contribution in [0.2, 0.25) is 0 Å². The van der Waals surface area contributed by atoms with Crippen LogP contribution in [0.25, 0.3) is 0 Å². The van der Waals surface area contributed by atoms with Gasteiger partial charge < -0.3 is 19.5 Å². The molecule has 2 atom stereocenters. The van der Waals surface area contributed by atoms with Gasteiger partial charge in [0.05, 0.1) is 25.9 Å². The second kappa shape index (κ2) is 14.1. The Morgan fingerprint density at radius 2 is 1.91 bits per heavy atom. The molecule has 3 aromatic carbocycles. The molecule has 3 aliphatic rings. The number of amides is 3. The van der Waals surface area contributed by atoms with Gasteiger partial charge in [-0.1, -0.05) is 54.2 Å². The van der Waals surface area contributed by atoms with E-state index in [2.05, 4.69) is 10.3 Å². The number of aliphatic imine (C=N–C) groups is 1. The highest BCUT2D eigenvalue weighted by atomic mass is 32.2. The number of halogens is 1. The van der Waals surface area contributed by atoms with Gasteiger partial charge in [0.25, 0.3) is 0 Å². The van der Waals surface area contributed by atoms with Gasteiger partial charge in [0.2, 0.25) is 11.8 Å². The van der Waals surface area contributed by atoms with Gasteiger partial charge in [0, 0.05) is 24.7 Å². The van der Waals surface area contributed by atoms with Crippen LogP contribution in [-0.4, -0.2) is 65.7 Å². The molecule has 12 heteroatoms. The normalized spacial score (nSPS) is 20.1. The molecule has 3 aromatic rings. The maximum atomic E-state index is 14.4. The fraction of sp³-hybridized carbons (Fsp3) is 0.294. The molecule has 3 aliphatic heterocycles. The number of carbonyl (C=O) groups excluding carboxylic acids is 3. The molecule has 0 aliphatic carbocycles. The third kappa shape index (κ3) is 7.02. The lowest BCUT2D eigenvalue weighted by atomic mass is 10.1. The summed E-state index contributed by atoms with van der Waals surface area (Å²) >= 11 is 1.27. The van der Waals surface area contributed by atoms with E-state index < -0.39 is 23.2 Å². The standard InChI is InChI=1S/C34H33FN4O6S/c1-43-29-16-15-25(19-27(29)35)37-33-39(20-26-9-6-18-44-26)32(41)30(46-33)23-11-13-24(14-12-23)36-31(40)28-10-5-17-38(28)34(42)45-21-22-7-3-2-4-8-22/h2-4,7-9,11-16,19,28,30H,5-6,10,17-18,20-21H2,1H3,(H,36,40)/t28-,30?/m0/s1. The molecule has 0 bridgehead atoms. The number of amidine groups is 1. The van der Waals surface area contributed by atoms with Crippen LogP contribution in [0.1, 0.15) is 35.6 Å². The van der Waals surface area contributed by atoms with Crippen molar-refractivity contribution in [2.45, 2.75) is 37.2 Å². The maximum absolute atomic E-state index is 14.4. The molecular formula is C34H33FN4O6S. The first-order valence-corrected chi connectivity index (χ1v) is 15.9. The van der Waals surface area contributed by atoms with Crippen molar-refractivity contribution in [3.8, 4) is 5.75 Å². The van der Waals surface area contributed by atoms with Gasteiger partial charge in [-0.3, -0.25) is 19.4 Å². The van der Waals surface area contributed by atoms with E-state index in [1.165, 1.54) is 35.9 Å². The molecule has 1 unspecified atom stereocenters.